The highest BCUT2D eigenvalue weighted by atomic mass is 16.6. The van der Waals surface area contributed by atoms with Crippen LogP contribution in [0.5, 0.6) is 0 Å². The molecule has 0 radical (unpaired) electrons. The van der Waals surface area contributed by atoms with Gasteiger partial charge in [0.1, 0.15) is 24.4 Å². The molecule has 1 saturated heterocycles. The van der Waals surface area contributed by atoms with Gasteiger partial charge in [-0.25, -0.2) is 0 Å². The van der Waals surface area contributed by atoms with Crippen LogP contribution < -0.4 is 0 Å². The first-order valence-electron chi connectivity index (χ1n) is 7.90. The summed E-state index contributed by atoms with van der Waals surface area (Å²) in [5, 5.41) is 28.2. The largest absolute Gasteiger partial charge is 0.394 e. The van der Waals surface area contributed by atoms with Crippen molar-refractivity contribution in [3.8, 4) is 0 Å². The van der Waals surface area contributed by atoms with Gasteiger partial charge in [-0.2, -0.15) is 0 Å². The molecule has 0 aliphatic carbocycles. The molecule has 5 heteroatoms. The second kappa shape index (κ2) is 10.5. The molecular formula is C15H30O5. The molecule has 1 aliphatic rings. The second-order valence-electron chi connectivity index (χ2n) is 5.57. The Morgan fingerprint density at radius 1 is 1.15 bits per heavy atom. The Bertz CT molecular complexity index is 236. The van der Waals surface area contributed by atoms with E-state index in [0.29, 0.717) is 6.61 Å². The molecule has 0 aromatic rings. The van der Waals surface area contributed by atoms with E-state index in [0.717, 1.165) is 12.8 Å². The minimum atomic E-state index is -1.04. The van der Waals surface area contributed by atoms with Gasteiger partial charge in [-0.3, -0.25) is 0 Å². The van der Waals surface area contributed by atoms with Crippen molar-refractivity contribution in [2.75, 3.05) is 19.8 Å². The number of ether oxygens (including phenoxy) is 2. The highest BCUT2D eigenvalue weighted by Gasteiger charge is 2.40. The summed E-state index contributed by atoms with van der Waals surface area (Å²) in [5.74, 6) is 0. The third-order valence-corrected chi connectivity index (χ3v) is 3.82. The molecule has 0 unspecified atom stereocenters. The van der Waals surface area contributed by atoms with Crippen molar-refractivity contribution >= 4 is 0 Å². The first kappa shape index (κ1) is 17.9. The lowest BCUT2D eigenvalue weighted by Crippen LogP contribution is -2.41. The fraction of sp³-hybridized carbons (Fsp3) is 1.00. The van der Waals surface area contributed by atoms with E-state index in [2.05, 4.69) is 6.92 Å². The first-order valence-corrected chi connectivity index (χ1v) is 7.90. The molecule has 1 rings (SSSR count). The predicted molar refractivity (Wildman–Crippen MR) is 76.6 cm³/mol. The summed E-state index contributed by atoms with van der Waals surface area (Å²) >= 11 is 0. The van der Waals surface area contributed by atoms with E-state index < -0.39 is 24.9 Å². The minimum absolute atomic E-state index is 0.277. The average Bonchev–Trinajstić information content (AvgIpc) is 2.82. The van der Waals surface area contributed by atoms with Crippen molar-refractivity contribution in [2.24, 2.45) is 0 Å². The molecule has 0 spiro atoms. The Balaban J connectivity index is 2.03. The quantitative estimate of drug-likeness (QED) is 0.499. The van der Waals surface area contributed by atoms with E-state index in [-0.39, 0.29) is 12.7 Å². The van der Waals surface area contributed by atoms with E-state index >= 15 is 0 Å². The fourth-order valence-electron chi connectivity index (χ4n) is 2.50. The van der Waals surface area contributed by atoms with Gasteiger partial charge in [0, 0.05) is 6.61 Å². The zero-order chi connectivity index (χ0) is 14.8. The molecule has 0 aromatic heterocycles. The van der Waals surface area contributed by atoms with Crippen LogP contribution in [0.25, 0.3) is 0 Å². The van der Waals surface area contributed by atoms with Gasteiger partial charge in [-0.15, -0.1) is 0 Å². The lowest BCUT2D eigenvalue weighted by molar-refractivity contribution is -0.0730. The Morgan fingerprint density at radius 3 is 2.45 bits per heavy atom. The summed E-state index contributed by atoms with van der Waals surface area (Å²) < 4.78 is 10.9. The van der Waals surface area contributed by atoms with Crippen LogP contribution >= 0.6 is 0 Å². The summed E-state index contributed by atoms with van der Waals surface area (Å²) in [6.07, 6.45) is 5.53. The highest BCUT2D eigenvalue weighted by molar-refractivity contribution is 4.88. The molecule has 3 N–H and O–H groups in total. The van der Waals surface area contributed by atoms with E-state index in [1.54, 1.807) is 0 Å². The Morgan fingerprint density at radius 2 is 1.80 bits per heavy atom. The molecule has 5 nitrogen and oxygen atoms in total. The van der Waals surface area contributed by atoms with Gasteiger partial charge in [0.15, 0.2) is 0 Å². The third-order valence-electron chi connectivity index (χ3n) is 3.82. The molecular weight excluding hydrogens is 260 g/mol. The van der Waals surface area contributed by atoms with Crippen molar-refractivity contribution < 1.29 is 24.8 Å². The Labute approximate surface area is 121 Å². The van der Waals surface area contributed by atoms with Crippen molar-refractivity contribution in [1.82, 2.24) is 0 Å². The molecule has 0 aromatic carbocycles. The fourth-order valence-corrected chi connectivity index (χ4v) is 2.50. The highest BCUT2D eigenvalue weighted by Crippen LogP contribution is 2.20. The van der Waals surface area contributed by atoms with E-state index in [1.807, 2.05) is 0 Å². The predicted octanol–water partition coefficient (Wildman–Crippen LogP) is 1.24. The van der Waals surface area contributed by atoms with Gasteiger partial charge >= 0.3 is 0 Å². The molecule has 4 atom stereocenters. The molecule has 20 heavy (non-hydrogen) atoms. The maximum atomic E-state index is 9.93. The molecule has 1 aliphatic heterocycles. The van der Waals surface area contributed by atoms with E-state index in [4.69, 9.17) is 14.6 Å². The number of unbranched alkanes of at least 4 members (excludes halogenated alkanes) is 6. The standard InChI is InChI=1S/C15H30O5/c1-2-3-4-5-6-7-8-9-19-13-11-20-15(14(13)18)12(17)10-16/h12-18H,2-11H2,1H3/t12-,13+,14+,15+/m1/s1. The van der Waals surface area contributed by atoms with Crippen LogP contribution in [0, 0.1) is 0 Å². The monoisotopic (exact) mass is 290 g/mol. The maximum absolute atomic E-state index is 9.93. The number of aliphatic hydroxyl groups excluding tert-OH is 3. The smallest absolute Gasteiger partial charge is 0.114 e. The van der Waals surface area contributed by atoms with Gasteiger partial charge in [0.25, 0.3) is 0 Å². The molecule has 0 bridgehead atoms. The summed E-state index contributed by atoms with van der Waals surface area (Å²) in [5.41, 5.74) is 0. The number of aliphatic hydroxyl groups is 3. The first-order chi connectivity index (χ1) is 9.70. The lowest BCUT2D eigenvalue weighted by Gasteiger charge is -2.20. The number of hydrogen-bond acceptors (Lipinski definition) is 5. The molecule has 0 saturated carbocycles. The Hall–Kier alpha value is -0.200. The van der Waals surface area contributed by atoms with Crippen LogP contribution in [-0.2, 0) is 9.47 Å². The van der Waals surface area contributed by atoms with Gasteiger partial charge in [-0.1, -0.05) is 45.4 Å². The van der Waals surface area contributed by atoms with Crippen LogP contribution in [-0.4, -0.2) is 59.6 Å². The normalized spacial score (nSPS) is 27.9. The summed E-state index contributed by atoms with van der Waals surface area (Å²) in [6.45, 7) is 2.69. The van der Waals surface area contributed by atoms with Gasteiger partial charge in [0.05, 0.1) is 13.2 Å². The minimum Gasteiger partial charge on any atom is -0.394 e. The lowest BCUT2D eigenvalue weighted by atomic mass is 10.1. The molecule has 0 amide bonds. The van der Waals surface area contributed by atoms with Crippen molar-refractivity contribution in [3.63, 3.8) is 0 Å². The second-order valence-corrected chi connectivity index (χ2v) is 5.57. The van der Waals surface area contributed by atoms with Crippen molar-refractivity contribution in [2.45, 2.75) is 76.3 Å². The summed E-state index contributed by atoms with van der Waals surface area (Å²) in [4.78, 5) is 0. The van der Waals surface area contributed by atoms with Gasteiger partial charge < -0.3 is 24.8 Å². The zero-order valence-electron chi connectivity index (χ0n) is 12.5. The third kappa shape index (κ3) is 6.06. The van der Waals surface area contributed by atoms with E-state index in [9.17, 15) is 10.2 Å². The van der Waals surface area contributed by atoms with Crippen LogP contribution in [0.2, 0.25) is 0 Å². The summed E-state index contributed by atoms with van der Waals surface area (Å²) in [6, 6.07) is 0. The van der Waals surface area contributed by atoms with Crippen molar-refractivity contribution in [3.05, 3.63) is 0 Å². The number of rotatable bonds is 11. The van der Waals surface area contributed by atoms with Crippen molar-refractivity contribution in [1.29, 1.82) is 0 Å². The van der Waals surface area contributed by atoms with Gasteiger partial charge in [0.2, 0.25) is 0 Å². The Kier molecular flexibility index (Phi) is 9.39. The molecule has 1 heterocycles. The summed E-state index contributed by atoms with van der Waals surface area (Å²) in [7, 11) is 0. The van der Waals surface area contributed by atoms with Crippen LogP contribution in [0.4, 0.5) is 0 Å². The van der Waals surface area contributed by atoms with Crippen LogP contribution in [0.3, 0.4) is 0 Å². The number of hydrogen-bond donors (Lipinski definition) is 3. The average molecular weight is 290 g/mol. The molecule has 1 fully saturated rings. The van der Waals surface area contributed by atoms with Crippen LogP contribution in [0.15, 0.2) is 0 Å². The zero-order valence-corrected chi connectivity index (χ0v) is 12.5. The topological polar surface area (TPSA) is 79.2 Å². The SMILES string of the molecule is CCCCCCCCCO[C@H]1CO[C@@H]([C@H](O)CO)[C@H]1O. The maximum Gasteiger partial charge on any atom is 0.114 e. The van der Waals surface area contributed by atoms with Crippen LogP contribution in [0.1, 0.15) is 51.9 Å². The molecule has 120 valence electrons. The van der Waals surface area contributed by atoms with Gasteiger partial charge in [-0.05, 0) is 6.42 Å². The van der Waals surface area contributed by atoms with E-state index in [1.165, 1.54) is 32.1 Å².